The molecule has 0 saturated heterocycles. The number of methoxy groups -OCH3 is 3. The largest absolute Gasteiger partial charge is 0.493 e. The van der Waals surface area contributed by atoms with E-state index >= 15 is 0 Å². The standard InChI is InChI=1S/C16H18N2O6/c1-9-17-12(16(20)18(9)24-10(2)19)8-11-6-7-13(21-3)15(23-5)14(11)22-4/h6-8H,1-5H3/b12-8-. The summed E-state index contributed by atoms with van der Waals surface area (Å²) in [5.74, 6) is 0.409. The summed E-state index contributed by atoms with van der Waals surface area (Å²) in [5.41, 5.74) is 0.680. The molecule has 0 fully saturated rings. The third kappa shape index (κ3) is 3.17. The quantitative estimate of drug-likeness (QED) is 0.763. The molecule has 0 spiro atoms. The van der Waals surface area contributed by atoms with Crippen molar-refractivity contribution in [2.24, 2.45) is 4.99 Å². The zero-order valence-electron chi connectivity index (χ0n) is 14.1. The van der Waals surface area contributed by atoms with Crippen molar-refractivity contribution >= 4 is 23.8 Å². The van der Waals surface area contributed by atoms with Gasteiger partial charge < -0.3 is 19.0 Å². The molecule has 0 radical (unpaired) electrons. The Labute approximate surface area is 139 Å². The topological polar surface area (TPSA) is 86.7 Å². The molecule has 2 rings (SSSR count). The van der Waals surface area contributed by atoms with Gasteiger partial charge >= 0.3 is 11.9 Å². The first-order chi connectivity index (χ1) is 11.4. The van der Waals surface area contributed by atoms with Gasteiger partial charge in [-0.1, -0.05) is 0 Å². The lowest BCUT2D eigenvalue weighted by Crippen LogP contribution is -2.32. The summed E-state index contributed by atoms with van der Waals surface area (Å²) in [7, 11) is 4.48. The van der Waals surface area contributed by atoms with Crippen molar-refractivity contribution in [3.63, 3.8) is 0 Å². The van der Waals surface area contributed by atoms with Crippen LogP contribution in [-0.2, 0) is 14.4 Å². The molecule has 1 amide bonds. The summed E-state index contributed by atoms with van der Waals surface area (Å²) in [6, 6.07) is 3.40. The molecule has 1 heterocycles. The van der Waals surface area contributed by atoms with Gasteiger partial charge in [0.2, 0.25) is 5.75 Å². The van der Waals surface area contributed by atoms with E-state index in [0.29, 0.717) is 22.8 Å². The van der Waals surface area contributed by atoms with Gasteiger partial charge in [-0.2, -0.15) is 0 Å². The van der Waals surface area contributed by atoms with E-state index in [1.807, 2.05) is 0 Å². The highest BCUT2D eigenvalue weighted by Crippen LogP contribution is 2.40. The van der Waals surface area contributed by atoms with Crippen molar-refractivity contribution < 1.29 is 28.6 Å². The minimum Gasteiger partial charge on any atom is -0.493 e. The number of amidine groups is 1. The van der Waals surface area contributed by atoms with Crippen LogP contribution in [0.15, 0.2) is 22.8 Å². The summed E-state index contributed by atoms with van der Waals surface area (Å²) in [5, 5.41) is 0.849. The molecular weight excluding hydrogens is 316 g/mol. The van der Waals surface area contributed by atoms with Gasteiger partial charge in [-0.3, -0.25) is 4.79 Å². The first-order valence-corrected chi connectivity index (χ1v) is 7.01. The molecule has 0 aliphatic carbocycles. The van der Waals surface area contributed by atoms with Gasteiger partial charge in [0.1, 0.15) is 11.5 Å². The monoisotopic (exact) mass is 334 g/mol. The Morgan fingerprint density at radius 2 is 1.79 bits per heavy atom. The Kier molecular flexibility index (Phi) is 5.08. The smallest absolute Gasteiger partial charge is 0.330 e. The molecule has 8 heteroatoms. The molecule has 0 N–H and O–H groups in total. The molecule has 128 valence electrons. The predicted octanol–water partition coefficient (Wildman–Crippen LogP) is 1.79. The highest BCUT2D eigenvalue weighted by Gasteiger charge is 2.31. The molecule has 1 aromatic rings. The number of rotatable bonds is 5. The average Bonchev–Trinajstić information content (AvgIpc) is 2.81. The van der Waals surface area contributed by atoms with Crippen LogP contribution in [0.1, 0.15) is 19.4 Å². The number of carbonyl (C=O) groups excluding carboxylic acids is 2. The number of carbonyl (C=O) groups is 2. The van der Waals surface area contributed by atoms with Gasteiger partial charge in [0, 0.05) is 12.5 Å². The first-order valence-electron chi connectivity index (χ1n) is 7.01. The number of aliphatic imine (C=N–C) groups is 1. The van der Waals surface area contributed by atoms with Crippen LogP contribution in [-0.4, -0.2) is 44.1 Å². The number of nitrogens with zero attached hydrogens (tertiary/aromatic N) is 2. The minimum atomic E-state index is -0.608. The second-order valence-electron chi connectivity index (χ2n) is 4.79. The number of ether oxygens (including phenoxy) is 3. The summed E-state index contributed by atoms with van der Waals surface area (Å²) >= 11 is 0. The number of amides is 1. The lowest BCUT2D eigenvalue weighted by atomic mass is 10.1. The van der Waals surface area contributed by atoms with Gasteiger partial charge in [0.15, 0.2) is 11.5 Å². The fraction of sp³-hybridized carbons (Fsp3) is 0.312. The fourth-order valence-corrected chi connectivity index (χ4v) is 2.23. The SMILES string of the molecule is COc1ccc(/C=C2\N=C(C)N(OC(C)=O)C2=O)c(OC)c1OC. The third-order valence-corrected chi connectivity index (χ3v) is 3.23. The molecule has 8 nitrogen and oxygen atoms in total. The summed E-state index contributed by atoms with van der Waals surface area (Å²) < 4.78 is 15.9. The zero-order valence-corrected chi connectivity index (χ0v) is 14.1. The molecule has 1 aliphatic heterocycles. The number of benzene rings is 1. The number of hydrogen-bond donors (Lipinski definition) is 0. The van der Waals surface area contributed by atoms with Crippen molar-refractivity contribution in [2.45, 2.75) is 13.8 Å². The lowest BCUT2D eigenvalue weighted by Gasteiger charge is -2.14. The van der Waals surface area contributed by atoms with Crippen LogP contribution in [0.5, 0.6) is 17.2 Å². The van der Waals surface area contributed by atoms with Crippen LogP contribution in [0, 0.1) is 0 Å². The van der Waals surface area contributed by atoms with Crippen LogP contribution in [0.4, 0.5) is 0 Å². The van der Waals surface area contributed by atoms with Crippen LogP contribution in [0.2, 0.25) is 0 Å². The molecule has 0 aromatic heterocycles. The molecular formula is C16H18N2O6. The van der Waals surface area contributed by atoms with E-state index < -0.39 is 11.9 Å². The lowest BCUT2D eigenvalue weighted by molar-refractivity contribution is -0.177. The Morgan fingerprint density at radius 3 is 2.33 bits per heavy atom. The van der Waals surface area contributed by atoms with Crippen molar-refractivity contribution in [1.82, 2.24) is 5.06 Å². The normalized spacial score (nSPS) is 15.4. The highest BCUT2D eigenvalue weighted by molar-refractivity contribution is 6.13. The summed E-state index contributed by atoms with van der Waals surface area (Å²) in [6.07, 6.45) is 1.52. The Bertz CT molecular complexity index is 738. The average molecular weight is 334 g/mol. The Hall–Kier alpha value is -3.03. The Morgan fingerprint density at radius 1 is 1.12 bits per heavy atom. The molecule has 0 atom stereocenters. The molecule has 1 aromatic carbocycles. The van der Waals surface area contributed by atoms with Gasteiger partial charge in [-0.05, 0) is 25.1 Å². The van der Waals surface area contributed by atoms with Gasteiger partial charge in [-0.15, -0.1) is 5.06 Å². The number of hydrogen-bond acceptors (Lipinski definition) is 7. The van der Waals surface area contributed by atoms with Gasteiger partial charge in [0.25, 0.3) is 0 Å². The van der Waals surface area contributed by atoms with Crippen LogP contribution in [0.25, 0.3) is 6.08 Å². The second-order valence-corrected chi connectivity index (χ2v) is 4.79. The zero-order chi connectivity index (χ0) is 17.9. The van der Waals surface area contributed by atoms with Gasteiger partial charge in [0.05, 0.1) is 21.3 Å². The van der Waals surface area contributed by atoms with Crippen molar-refractivity contribution in [1.29, 1.82) is 0 Å². The second kappa shape index (κ2) is 7.03. The van der Waals surface area contributed by atoms with E-state index in [-0.39, 0.29) is 11.5 Å². The van der Waals surface area contributed by atoms with Gasteiger partial charge in [-0.25, -0.2) is 9.79 Å². The maximum atomic E-state index is 12.3. The minimum absolute atomic E-state index is 0.110. The first kappa shape index (κ1) is 17.3. The fourth-order valence-electron chi connectivity index (χ4n) is 2.23. The predicted molar refractivity (Wildman–Crippen MR) is 85.8 cm³/mol. The maximum Gasteiger partial charge on any atom is 0.330 e. The number of hydroxylamine groups is 2. The summed E-state index contributed by atoms with van der Waals surface area (Å²) in [6.45, 7) is 2.77. The molecule has 0 unspecified atom stereocenters. The van der Waals surface area contributed by atoms with E-state index in [1.54, 1.807) is 19.1 Å². The highest BCUT2D eigenvalue weighted by atomic mass is 16.7. The maximum absolute atomic E-state index is 12.3. The van der Waals surface area contributed by atoms with Crippen molar-refractivity contribution in [3.05, 3.63) is 23.4 Å². The molecule has 0 saturated carbocycles. The third-order valence-electron chi connectivity index (χ3n) is 3.23. The molecule has 1 aliphatic rings. The van der Waals surface area contributed by atoms with Crippen LogP contribution < -0.4 is 14.2 Å². The van der Waals surface area contributed by atoms with E-state index in [9.17, 15) is 9.59 Å². The van der Waals surface area contributed by atoms with Crippen molar-refractivity contribution in [2.75, 3.05) is 21.3 Å². The van der Waals surface area contributed by atoms with E-state index in [0.717, 1.165) is 5.06 Å². The molecule has 24 heavy (non-hydrogen) atoms. The molecule has 0 bridgehead atoms. The van der Waals surface area contributed by atoms with E-state index in [1.165, 1.54) is 34.3 Å². The Balaban J connectivity index is 2.45. The van der Waals surface area contributed by atoms with Crippen LogP contribution in [0.3, 0.4) is 0 Å². The van der Waals surface area contributed by atoms with Crippen LogP contribution >= 0.6 is 0 Å². The van der Waals surface area contributed by atoms with E-state index in [4.69, 9.17) is 19.0 Å². The summed E-state index contributed by atoms with van der Waals surface area (Å²) in [4.78, 5) is 32.3. The van der Waals surface area contributed by atoms with Crippen molar-refractivity contribution in [3.8, 4) is 17.2 Å². The van der Waals surface area contributed by atoms with E-state index in [2.05, 4.69) is 4.99 Å².